The molecule has 1 saturated carbocycles. The highest BCUT2D eigenvalue weighted by atomic mass is 19.4. The normalized spacial score (nSPS) is 14.7. The van der Waals surface area contributed by atoms with Crippen LogP contribution in [0.15, 0.2) is 29.1 Å². The summed E-state index contributed by atoms with van der Waals surface area (Å²) >= 11 is 0. The molecule has 1 heterocycles. The topological polar surface area (TPSA) is 125 Å². The Balaban J connectivity index is 2.42. The minimum atomic E-state index is -5.39. The fraction of sp³-hybridized carbons (Fsp3) is 0.0312. The van der Waals surface area contributed by atoms with Crippen molar-refractivity contribution in [2.45, 2.75) is 6.18 Å². The summed E-state index contributed by atoms with van der Waals surface area (Å²) in [4.78, 5) is 14.2. The van der Waals surface area contributed by atoms with Gasteiger partial charge in [-0.2, -0.15) is 34.2 Å². The Bertz CT molecular complexity index is 2450. The van der Waals surface area contributed by atoms with E-state index >= 15 is 17.6 Å². The Morgan fingerprint density at radius 3 is 1.52 bits per heavy atom. The molecule has 0 aliphatic heterocycles. The first-order valence-electron chi connectivity index (χ1n) is 12.5. The van der Waals surface area contributed by atoms with Gasteiger partial charge in [0.15, 0.2) is 34.8 Å². The van der Waals surface area contributed by atoms with Crippen LogP contribution in [0.4, 0.5) is 56.6 Å². The summed E-state index contributed by atoms with van der Waals surface area (Å²) in [5.74, 6) is -13.2. The Morgan fingerprint density at radius 2 is 1.08 bits per heavy atom. The highest BCUT2D eigenvalue weighted by molar-refractivity contribution is 6.12. The third-order valence-corrected chi connectivity index (χ3v) is 6.89. The van der Waals surface area contributed by atoms with E-state index in [9.17, 15) is 37.7 Å². The maximum Gasteiger partial charge on any atom is 0.416 e. The number of halogens is 9. The molecule has 0 N–H and O–H groups in total. The third-order valence-electron chi connectivity index (χ3n) is 6.89. The highest BCUT2D eigenvalue weighted by Gasteiger charge is 2.46. The van der Waals surface area contributed by atoms with Gasteiger partial charge in [-0.05, 0) is 16.7 Å². The van der Waals surface area contributed by atoms with E-state index in [1.54, 1.807) is 0 Å². The van der Waals surface area contributed by atoms with Crippen LogP contribution in [0.1, 0.15) is 33.4 Å². The van der Waals surface area contributed by atoms with Gasteiger partial charge in [-0.3, -0.25) is 4.98 Å². The third kappa shape index (κ3) is 5.06. The maximum atomic E-state index is 15.6. The average Bonchev–Trinajstić information content (AvgIpc) is 3.81. The highest BCUT2D eigenvalue weighted by Crippen LogP contribution is 2.59. The van der Waals surface area contributed by atoms with Gasteiger partial charge in [-0.1, -0.05) is 0 Å². The Labute approximate surface area is 273 Å². The molecule has 0 amide bonds. The number of pyridine rings is 1. The molecule has 0 bridgehead atoms. The number of rotatable bonds is 3. The minimum Gasteiger partial charge on any atom is -0.276 e. The summed E-state index contributed by atoms with van der Waals surface area (Å²) in [6, 6.07) is 4.44. The van der Waals surface area contributed by atoms with Gasteiger partial charge in [0.2, 0.25) is 17.1 Å². The van der Waals surface area contributed by atoms with E-state index in [1.807, 2.05) is 0 Å². The number of hydrogen-bond donors (Lipinski definition) is 0. The average molecular weight is 683 g/mol. The minimum absolute atomic E-state index is 0.148. The summed E-state index contributed by atoms with van der Waals surface area (Å²) in [6.07, 6.45) is -4.70. The number of aromatic nitrogens is 1. The lowest BCUT2D eigenvalue weighted by Crippen LogP contribution is -2.09. The number of nitriles is 4. The summed E-state index contributed by atoms with van der Waals surface area (Å²) in [5, 5.41) is 38.6. The predicted octanol–water partition coefficient (Wildman–Crippen LogP) is 8.93. The molecule has 4 rings (SSSR count). The van der Waals surface area contributed by atoms with Crippen LogP contribution in [-0.4, -0.2) is 4.98 Å². The lowest BCUT2D eigenvalue weighted by atomic mass is 9.96. The molecule has 9 nitrogen and oxygen atoms in total. The zero-order valence-electron chi connectivity index (χ0n) is 23.6. The smallest absolute Gasteiger partial charge is 0.276 e. The molecule has 0 saturated heterocycles. The van der Waals surface area contributed by atoms with Crippen LogP contribution in [-0.2, 0) is 6.18 Å². The summed E-state index contributed by atoms with van der Waals surface area (Å²) < 4.78 is 134. The van der Waals surface area contributed by atoms with Crippen molar-refractivity contribution in [2.24, 2.45) is 0 Å². The lowest BCUT2D eigenvalue weighted by molar-refractivity contribution is -0.137. The van der Waals surface area contributed by atoms with Gasteiger partial charge in [-0.25, -0.2) is 45.7 Å². The van der Waals surface area contributed by atoms with Crippen molar-refractivity contribution in [2.75, 3.05) is 0 Å². The second kappa shape index (κ2) is 12.7. The fourth-order valence-corrected chi connectivity index (χ4v) is 4.78. The van der Waals surface area contributed by atoms with Crippen molar-refractivity contribution in [3.63, 3.8) is 0 Å². The summed E-state index contributed by atoms with van der Waals surface area (Å²) in [7, 11) is 0. The number of benzene rings is 2. The number of allylic oxidation sites excluding steroid dienone is 5. The van der Waals surface area contributed by atoms with Gasteiger partial charge < -0.3 is 0 Å². The van der Waals surface area contributed by atoms with Gasteiger partial charge in [-0.15, -0.1) is 0 Å². The number of hydrogen-bond acceptors (Lipinski definition) is 5. The van der Waals surface area contributed by atoms with Crippen molar-refractivity contribution in [1.82, 2.24) is 4.98 Å². The Hall–Kier alpha value is -7.90. The van der Waals surface area contributed by atoms with Crippen molar-refractivity contribution in [3.05, 3.63) is 143 Å². The van der Waals surface area contributed by atoms with E-state index in [2.05, 4.69) is 24.4 Å². The lowest BCUT2D eigenvalue weighted by Gasteiger charge is -2.13. The molecule has 50 heavy (non-hydrogen) atoms. The SMILES string of the molecule is [C-]#[N+]/C(=C1/C(=C(\C#N)c2c(F)c(F)c(C#N)c(C#N)c2F)/C1=C(\C#N)c1c(F)c(F)c([N+]#[C-])c([N+]#[C-])c1F)c1c([N+]#[C-])cncc1C(F)(F)F. The summed E-state index contributed by atoms with van der Waals surface area (Å²) in [5.41, 5.74) is -21.4. The predicted molar refractivity (Wildman–Crippen MR) is 149 cm³/mol. The molecule has 0 radical (unpaired) electrons. The monoisotopic (exact) mass is 683 g/mol. The Kier molecular flexibility index (Phi) is 8.89. The van der Waals surface area contributed by atoms with Crippen molar-refractivity contribution in [3.8, 4) is 24.3 Å². The van der Waals surface area contributed by atoms with Gasteiger partial charge in [0.25, 0.3) is 0 Å². The van der Waals surface area contributed by atoms with Crippen LogP contribution in [0.25, 0.3) is 36.2 Å². The van der Waals surface area contributed by atoms with E-state index in [0.717, 1.165) is 12.1 Å². The van der Waals surface area contributed by atoms with Gasteiger partial charge >= 0.3 is 6.18 Å². The van der Waals surface area contributed by atoms with Crippen LogP contribution < -0.4 is 0 Å². The van der Waals surface area contributed by atoms with Crippen LogP contribution in [0, 0.1) is 107 Å². The molecule has 1 fully saturated rings. The Morgan fingerprint density at radius 1 is 0.600 bits per heavy atom. The molecule has 0 atom stereocenters. The first-order chi connectivity index (χ1) is 23.7. The number of alkyl halides is 3. The second-order valence-corrected chi connectivity index (χ2v) is 9.28. The van der Waals surface area contributed by atoms with Gasteiger partial charge in [0.1, 0.15) is 41.2 Å². The molecule has 238 valence electrons. The van der Waals surface area contributed by atoms with Crippen LogP contribution >= 0.6 is 0 Å². The molecule has 1 aliphatic carbocycles. The number of nitrogens with zero attached hydrogens (tertiary/aromatic N) is 9. The van der Waals surface area contributed by atoms with Crippen LogP contribution in [0.3, 0.4) is 0 Å². The molecule has 18 heteroatoms. The van der Waals surface area contributed by atoms with Crippen molar-refractivity contribution < 1.29 is 39.5 Å². The van der Waals surface area contributed by atoms with Crippen molar-refractivity contribution in [1.29, 1.82) is 21.0 Å². The van der Waals surface area contributed by atoms with E-state index in [4.69, 9.17) is 31.6 Å². The molecule has 1 aromatic heterocycles. The largest absolute Gasteiger partial charge is 0.416 e. The molecule has 1 aliphatic rings. The zero-order chi connectivity index (χ0) is 37.4. The van der Waals surface area contributed by atoms with E-state index in [0.29, 0.717) is 6.20 Å². The van der Waals surface area contributed by atoms with E-state index in [-0.39, 0.29) is 6.20 Å². The van der Waals surface area contributed by atoms with Gasteiger partial charge in [0.05, 0.1) is 54.1 Å². The van der Waals surface area contributed by atoms with E-state index in [1.165, 1.54) is 12.1 Å². The fourth-order valence-electron chi connectivity index (χ4n) is 4.78. The zero-order valence-corrected chi connectivity index (χ0v) is 23.6. The molecule has 3 aromatic rings. The quantitative estimate of drug-likeness (QED) is 0.118. The van der Waals surface area contributed by atoms with Crippen molar-refractivity contribution >= 4 is 33.9 Å². The standard InChI is InChI=1S/C32H2F9N9/c1-46-16-10-50-9-15(32(39,40)41)21(16)29(47-2)22-17(13(7-44)19-23(33)11(5-42)12(6-43)24(34)25(19)35)18(22)14(8-45)20-26(36)28(38)31(49-4)30(48-3)27(20)37/h9-10H/b17-13+,18-14-,29-22-. The molecule has 0 spiro atoms. The second-order valence-electron chi connectivity index (χ2n) is 9.28. The van der Waals surface area contributed by atoms with Crippen LogP contribution in [0.2, 0.25) is 0 Å². The molecule has 2 aromatic carbocycles. The molecular weight excluding hydrogens is 681 g/mol. The van der Waals surface area contributed by atoms with Crippen LogP contribution in [0.5, 0.6) is 0 Å². The van der Waals surface area contributed by atoms with E-state index < -0.39 is 125 Å². The first-order valence-corrected chi connectivity index (χ1v) is 12.5. The first kappa shape index (κ1) is 35.0. The summed E-state index contributed by atoms with van der Waals surface area (Å²) in [6.45, 7) is 29.1. The maximum absolute atomic E-state index is 15.6. The molecule has 0 unspecified atom stereocenters. The van der Waals surface area contributed by atoms with Gasteiger partial charge in [0, 0.05) is 18.0 Å². The molecular formula is C32H2F9N9.